The molecule has 0 bridgehead atoms. The molecule has 0 amide bonds. The van der Waals surface area contributed by atoms with Gasteiger partial charge in [0.1, 0.15) is 5.75 Å². The summed E-state index contributed by atoms with van der Waals surface area (Å²) in [5.41, 5.74) is 3.47. The molecule has 0 heterocycles. The van der Waals surface area contributed by atoms with Gasteiger partial charge in [0.05, 0.1) is 5.56 Å². The zero-order valence-electron chi connectivity index (χ0n) is 10.0. The lowest BCUT2D eigenvalue weighted by atomic mass is 9.91. The average molecular weight is 206 g/mol. The van der Waals surface area contributed by atoms with Gasteiger partial charge in [-0.25, -0.2) is 0 Å². The highest BCUT2D eigenvalue weighted by Gasteiger charge is 2.19. The van der Waals surface area contributed by atoms with E-state index in [0.717, 1.165) is 16.7 Å². The van der Waals surface area contributed by atoms with Crippen molar-refractivity contribution in [3.05, 3.63) is 28.3 Å². The minimum absolute atomic E-state index is 0.00750. The van der Waals surface area contributed by atoms with Crippen LogP contribution in [0.15, 0.2) is 6.07 Å². The maximum absolute atomic E-state index is 11.9. The van der Waals surface area contributed by atoms with Crippen LogP contribution >= 0.6 is 0 Å². The Morgan fingerprint density at radius 2 is 1.73 bits per heavy atom. The highest BCUT2D eigenvalue weighted by Crippen LogP contribution is 2.28. The number of hydrogen-bond donors (Lipinski definition) is 1. The predicted octanol–water partition coefficient (Wildman–Crippen LogP) is 3.16. The molecular formula is C13H18O2. The zero-order valence-corrected chi connectivity index (χ0v) is 10.0. The largest absolute Gasteiger partial charge is 0.507 e. The van der Waals surface area contributed by atoms with Gasteiger partial charge in [0.2, 0.25) is 0 Å². The van der Waals surface area contributed by atoms with E-state index in [4.69, 9.17) is 0 Å². The molecule has 2 heteroatoms. The van der Waals surface area contributed by atoms with E-state index >= 15 is 0 Å². The molecule has 0 saturated heterocycles. The maximum Gasteiger partial charge on any atom is 0.169 e. The van der Waals surface area contributed by atoms with E-state index in [1.807, 2.05) is 34.6 Å². The van der Waals surface area contributed by atoms with Crippen molar-refractivity contribution in [1.29, 1.82) is 0 Å². The maximum atomic E-state index is 11.9. The summed E-state index contributed by atoms with van der Waals surface area (Å²) in [6.45, 7) is 9.48. The van der Waals surface area contributed by atoms with Crippen LogP contribution in [-0.4, -0.2) is 10.9 Å². The van der Waals surface area contributed by atoms with Gasteiger partial charge in [-0.3, -0.25) is 4.79 Å². The Labute approximate surface area is 90.9 Å². The normalized spacial score (nSPS) is 10.8. The first-order valence-corrected chi connectivity index (χ1v) is 5.20. The lowest BCUT2D eigenvalue weighted by Crippen LogP contribution is -2.11. The number of carbonyl (C=O) groups excluding carboxylic acids is 1. The van der Waals surface area contributed by atoms with Crippen LogP contribution in [-0.2, 0) is 0 Å². The minimum atomic E-state index is -0.0864. The Balaban J connectivity index is 3.43. The summed E-state index contributed by atoms with van der Waals surface area (Å²) in [6.07, 6.45) is 0. The van der Waals surface area contributed by atoms with Crippen LogP contribution in [0.2, 0.25) is 0 Å². The third-order valence-corrected chi connectivity index (χ3v) is 2.91. The Morgan fingerprint density at radius 1 is 1.20 bits per heavy atom. The highest BCUT2D eigenvalue weighted by molar-refractivity contribution is 6.01. The number of aryl methyl sites for hydroxylation is 1. The van der Waals surface area contributed by atoms with Gasteiger partial charge in [0.25, 0.3) is 0 Å². The quantitative estimate of drug-likeness (QED) is 0.755. The topological polar surface area (TPSA) is 37.3 Å². The van der Waals surface area contributed by atoms with Gasteiger partial charge < -0.3 is 5.11 Å². The van der Waals surface area contributed by atoms with Crippen LogP contribution in [0.5, 0.6) is 5.75 Å². The average Bonchev–Trinajstić information content (AvgIpc) is 2.14. The second-order valence-corrected chi connectivity index (χ2v) is 4.36. The smallest absolute Gasteiger partial charge is 0.169 e. The number of phenolic OH excluding ortho intramolecular Hbond substituents is 1. The monoisotopic (exact) mass is 206 g/mol. The summed E-state index contributed by atoms with van der Waals surface area (Å²) in [4.78, 5) is 11.9. The van der Waals surface area contributed by atoms with Gasteiger partial charge in [-0.1, -0.05) is 13.8 Å². The third kappa shape index (κ3) is 2.04. The second-order valence-electron chi connectivity index (χ2n) is 4.36. The van der Waals surface area contributed by atoms with Crippen molar-refractivity contribution >= 4 is 5.78 Å². The first kappa shape index (κ1) is 11.8. The number of rotatable bonds is 2. The van der Waals surface area contributed by atoms with Crippen LogP contribution < -0.4 is 0 Å². The highest BCUT2D eigenvalue weighted by atomic mass is 16.3. The first-order valence-electron chi connectivity index (χ1n) is 5.20. The molecule has 0 aromatic heterocycles. The fraction of sp³-hybridized carbons (Fsp3) is 0.462. The predicted molar refractivity (Wildman–Crippen MR) is 61.5 cm³/mol. The van der Waals surface area contributed by atoms with Crippen molar-refractivity contribution in [2.75, 3.05) is 0 Å². The van der Waals surface area contributed by atoms with Gasteiger partial charge in [-0.2, -0.15) is 0 Å². The number of hydrogen-bond acceptors (Lipinski definition) is 2. The summed E-state index contributed by atoms with van der Waals surface area (Å²) < 4.78 is 0. The van der Waals surface area contributed by atoms with E-state index in [9.17, 15) is 9.90 Å². The lowest BCUT2D eigenvalue weighted by molar-refractivity contribution is 0.0936. The number of Topliss-reactive ketones (excluding diaryl/α,β-unsaturated/α-hetero) is 1. The van der Waals surface area contributed by atoms with Crippen LogP contribution in [0.25, 0.3) is 0 Å². The Kier molecular flexibility index (Phi) is 3.18. The fourth-order valence-electron chi connectivity index (χ4n) is 1.66. The zero-order chi connectivity index (χ0) is 11.7. The number of phenols is 1. The minimum Gasteiger partial charge on any atom is -0.507 e. The van der Waals surface area contributed by atoms with E-state index in [-0.39, 0.29) is 17.5 Å². The fourth-order valence-corrected chi connectivity index (χ4v) is 1.66. The van der Waals surface area contributed by atoms with Crippen molar-refractivity contribution in [2.24, 2.45) is 5.92 Å². The lowest BCUT2D eigenvalue weighted by Gasteiger charge is -2.14. The molecule has 82 valence electrons. The molecule has 0 atom stereocenters. The molecular weight excluding hydrogens is 188 g/mol. The van der Waals surface area contributed by atoms with Crippen LogP contribution in [0, 0.1) is 26.7 Å². The third-order valence-electron chi connectivity index (χ3n) is 2.91. The first-order chi connectivity index (χ1) is 6.86. The Bertz CT molecular complexity index is 403. The van der Waals surface area contributed by atoms with Gasteiger partial charge >= 0.3 is 0 Å². The van der Waals surface area contributed by atoms with E-state index in [1.165, 1.54) is 0 Å². The van der Waals surface area contributed by atoms with Crippen LogP contribution in [0.3, 0.4) is 0 Å². The van der Waals surface area contributed by atoms with Gasteiger partial charge in [0, 0.05) is 5.92 Å². The Hall–Kier alpha value is -1.31. The van der Waals surface area contributed by atoms with Gasteiger partial charge in [-0.05, 0) is 43.5 Å². The summed E-state index contributed by atoms with van der Waals surface area (Å²) in [5, 5.41) is 9.80. The summed E-state index contributed by atoms with van der Waals surface area (Å²) in [6, 6.07) is 1.66. The van der Waals surface area contributed by atoms with Crippen molar-refractivity contribution in [1.82, 2.24) is 0 Å². The van der Waals surface area contributed by atoms with Crippen LogP contribution in [0.4, 0.5) is 0 Å². The summed E-state index contributed by atoms with van der Waals surface area (Å²) in [7, 11) is 0. The summed E-state index contributed by atoms with van der Waals surface area (Å²) in [5.74, 6) is 0.0270. The molecule has 0 aliphatic heterocycles. The van der Waals surface area contributed by atoms with E-state index < -0.39 is 0 Å². The standard InChI is InChI=1S/C13H18O2/c1-7(2)13(15)12-10(5)9(4)8(3)6-11(12)14/h6-7,14H,1-5H3. The second kappa shape index (κ2) is 4.05. The van der Waals surface area contributed by atoms with Crippen molar-refractivity contribution in [2.45, 2.75) is 34.6 Å². The molecule has 1 N–H and O–H groups in total. The molecule has 1 aromatic carbocycles. The van der Waals surface area contributed by atoms with Crippen LogP contribution in [0.1, 0.15) is 40.9 Å². The van der Waals surface area contributed by atoms with E-state index in [1.54, 1.807) is 6.07 Å². The number of carbonyl (C=O) groups is 1. The van der Waals surface area contributed by atoms with E-state index in [2.05, 4.69) is 0 Å². The van der Waals surface area contributed by atoms with Gasteiger partial charge in [-0.15, -0.1) is 0 Å². The van der Waals surface area contributed by atoms with Gasteiger partial charge in [0.15, 0.2) is 5.78 Å². The number of benzene rings is 1. The Morgan fingerprint density at radius 3 is 2.20 bits per heavy atom. The van der Waals surface area contributed by atoms with Crippen molar-refractivity contribution in [3.63, 3.8) is 0 Å². The molecule has 0 spiro atoms. The number of aromatic hydroxyl groups is 1. The molecule has 15 heavy (non-hydrogen) atoms. The molecule has 0 radical (unpaired) electrons. The molecule has 1 aromatic rings. The molecule has 0 aliphatic rings. The molecule has 0 unspecified atom stereocenters. The molecule has 2 nitrogen and oxygen atoms in total. The SMILES string of the molecule is Cc1cc(O)c(C(=O)C(C)C)c(C)c1C. The molecule has 1 rings (SSSR count). The number of ketones is 1. The van der Waals surface area contributed by atoms with Crippen molar-refractivity contribution in [3.8, 4) is 5.75 Å². The van der Waals surface area contributed by atoms with E-state index in [0.29, 0.717) is 5.56 Å². The molecule has 0 aliphatic carbocycles. The summed E-state index contributed by atoms with van der Waals surface area (Å²) >= 11 is 0. The molecule has 0 fully saturated rings. The van der Waals surface area contributed by atoms with Crippen molar-refractivity contribution < 1.29 is 9.90 Å². The molecule has 0 saturated carbocycles.